The van der Waals surface area contributed by atoms with Gasteiger partial charge in [0.2, 0.25) is 11.9 Å². The fraction of sp³-hybridized carbons (Fsp3) is 0.542. The first kappa shape index (κ1) is 21.4. The number of carbonyl (C=O) groups is 1. The monoisotopic (exact) mass is 423 g/mol. The first-order valence-corrected chi connectivity index (χ1v) is 11.5. The summed E-state index contributed by atoms with van der Waals surface area (Å²) in [4.78, 5) is 26.4. The standard InChI is InChI=1S/C24H33N5O2/c1-2-31-22-8-6-7-19(15-22)16-25-23(30)20-9-13-28(14-10-20)21-17-26-24(27-18-21)29-11-4-3-5-12-29/h6-8,15,17-18,20H,2-5,9-14,16H2,1H3,(H,25,30). The molecule has 2 aliphatic heterocycles. The van der Waals surface area contributed by atoms with Crippen molar-refractivity contribution in [1.29, 1.82) is 0 Å². The second-order valence-corrected chi connectivity index (χ2v) is 8.35. The van der Waals surface area contributed by atoms with Crippen LogP contribution in [0.3, 0.4) is 0 Å². The molecule has 0 unspecified atom stereocenters. The topological polar surface area (TPSA) is 70.6 Å². The van der Waals surface area contributed by atoms with E-state index in [2.05, 4.69) is 25.1 Å². The molecule has 1 aromatic heterocycles. The first-order valence-electron chi connectivity index (χ1n) is 11.5. The molecular weight excluding hydrogens is 390 g/mol. The van der Waals surface area contributed by atoms with Crippen LogP contribution in [0.25, 0.3) is 0 Å². The number of piperidine rings is 2. The molecule has 2 aromatic rings. The van der Waals surface area contributed by atoms with Gasteiger partial charge in [-0.3, -0.25) is 4.79 Å². The van der Waals surface area contributed by atoms with Crippen LogP contribution in [0.5, 0.6) is 5.75 Å². The number of hydrogen-bond acceptors (Lipinski definition) is 6. The van der Waals surface area contributed by atoms with Gasteiger partial charge in [-0.15, -0.1) is 0 Å². The van der Waals surface area contributed by atoms with Crippen molar-refractivity contribution < 1.29 is 9.53 Å². The number of ether oxygens (including phenoxy) is 1. The van der Waals surface area contributed by atoms with E-state index < -0.39 is 0 Å². The summed E-state index contributed by atoms with van der Waals surface area (Å²) in [5.41, 5.74) is 2.11. The van der Waals surface area contributed by atoms with Crippen LogP contribution in [0.2, 0.25) is 0 Å². The maximum absolute atomic E-state index is 12.7. The maximum atomic E-state index is 12.7. The molecule has 4 rings (SSSR count). The van der Waals surface area contributed by atoms with E-state index in [1.54, 1.807) is 0 Å². The van der Waals surface area contributed by atoms with Gasteiger partial charge in [-0.1, -0.05) is 12.1 Å². The molecule has 0 bridgehead atoms. The molecule has 7 nitrogen and oxygen atoms in total. The third-order valence-corrected chi connectivity index (χ3v) is 6.17. The van der Waals surface area contributed by atoms with E-state index in [-0.39, 0.29) is 11.8 Å². The van der Waals surface area contributed by atoms with Gasteiger partial charge < -0.3 is 19.9 Å². The number of aromatic nitrogens is 2. The Hall–Kier alpha value is -2.83. The molecule has 0 atom stereocenters. The number of nitrogens with one attached hydrogen (secondary N) is 1. The van der Waals surface area contributed by atoms with Gasteiger partial charge in [0.1, 0.15) is 5.75 Å². The molecule has 0 saturated carbocycles. The van der Waals surface area contributed by atoms with Crippen molar-refractivity contribution in [3.05, 3.63) is 42.2 Å². The lowest BCUT2D eigenvalue weighted by Gasteiger charge is -2.33. The van der Waals surface area contributed by atoms with E-state index in [1.165, 1.54) is 19.3 Å². The quantitative estimate of drug-likeness (QED) is 0.736. The SMILES string of the molecule is CCOc1cccc(CNC(=O)C2CCN(c3cnc(N4CCCCC4)nc3)CC2)c1. The smallest absolute Gasteiger partial charge is 0.225 e. The molecule has 1 amide bonds. The fourth-order valence-electron chi connectivity index (χ4n) is 4.38. The minimum Gasteiger partial charge on any atom is -0.494 e. The third-order valence-electron chi connectivity index (χ3n) is 6.17. The van der Waals surface area contributed by atoms with E-state index >= 15 is 0 Å². The van der Waals surface area contributed by atoms with E-state index in [0.29, 0.717) is 13.2 Å². The predicted octanol–water partition coefficient (Wildman–Crippen LogP) is 3.40. The fourth-order valence-corrected chi connectivity index (χ4v) is 4.38. The van der Waals surface area contributed by atoms with Crippen molar-refractivity contribution >= 4 is 17.5 Å². The Morgan fingerprint density at radius 1 is 1.06 bits per heavy atom. The van der Waals surface area contributed by atoms with Crippen LogP contribution in [0.4, 0.5) is 11.6 Å². The highest BCUT2D eigenvalue weighted by atomic mass is 16.5. The van der Waals surface area contributed by atoms with Crippen LogP contribution in [0, 0.1) is 5.92 Å². The van der Waals surface area contributed by atoms with Crippen molar-refractivity contribution in [2.45, 2.75) is 45.6 Å². The summed E-state index contributed by atoms with van der Waals surface area (Å²) >= 11 is 0. The van der Waals surface area contributed by atoms with E-state index in [9.17, 15) is 4.79 Å². The Labute approximate surface area is 184 Å². The number of hydrogen-bond donors (Lipinski definition) is 1. The van der Waals surface area contributed by atoms with Gasteiger partial charge >= 0.3 is 0 Å². The third kappa shape index (κ3) is 5.66. The van der Waals surface area contributed by atoms with E-state index in [1.807, 2.05) is 43.6 Å². The summed E-state index contributed by atoms with van der Waals surface area (Å²) in [6.07, 6.45) is 9.30. The van der Waals surface area contributed by atoms with Crippen LogP contribution in [0.1, 0.15) is 44.6 Å². The highest BCUT2D eigenvalue weighted by molar-refractivity contribution is 5.79. The molecular formula is C24H33N5O2. The lowest BCUT2D eigenvalue weighted by molar-refractivity contribution is -0.125. The zero-order valence-electron chi connectivity index (χ0n) is 18.4. The zero-order valence-corrected chi connectivity index (χ0v) is 18.4. The lowest BCUT2D eigenvalue weighted by atomic mass is 9.95. The molecule has 0 aliphatic carbocycles. The average Bonchev–Trinajstić information content (AvgIpc) is 2.84. The van der Waals surface area contributed by atoms with Crippen LogP contribution in [0.15, 0.2) is 36.7 Å². The Balaban J connectivity index is 1.24. The van der Waals surface area contributed by atoms with Gasteiger partial charge in [0.25, 0.3) is 0 Å². The molecule has 2 aliphatic rings. The highest BCUT2D eigenvalue weighted by Crippen LogP contribution is 2.24. The lowest BCUT2D eigenvalue weighted by Crippen LogP contribution is -2.40. The van der Waals surface area contributed by atoms with Gasteiger partial charge in [-0.05, 0) is 56.7 Å². The van der Waals surface area contributed by atoms with Gasteiger partial charge in [-0.25, -0.2) is 9.97 Å². The summed E-state index contributed by atoms with van der Waals surface area (Å²) in [6.45, 7) is 6.95. The van der Waals surface area contributed by atoms with Crippen molar-refractivity contribution in [3.8, 4) is 5.75 Å². The second kappa shape index (κ2) is 10.5. The summed E-state index contributed by atoms with van der Waals surface area (Å²) < 4.78 is 5.53. The minimum absolute atomic E-state index is 0.0554. The minimum atomic E-state index is 0.0554. The maximum Gasteiger partial charge on any atom is 0.225 e. The van der Waals surface area contributed by atoms with Gasteiger partial charge in [-0.2, -0.15) is 0 Å². The molecule has 0 spiro atoms. The molecule has 7 heteroatoms. The molecule has 31 heavy (non-hydrogen) atoms. The van der Waals surface area contributed by atoms with Gasteiger partial charge in [0.05, 0.1) is 24.7 Å². The van der Waals surface area contributed by atoms with Crippen molar-refractivity contribution in [2.75, 3.05) is 42.6 Å². The summed E-state index contributed by atoms with van der Waals surface area (Å²) in [5, 5.41) is 3.09. The number of carbonyl (C=O) groups excluding carboxylic acids is 1. The van der Waals surface area contributed by atoms with Crippen LogP contribution >= 0.6 is 0 Å². The van der Waals surface area contributed by atoms with Crippen LogP contribution in [-0.4, -0.2) is 48.7 Å². The average molecular weight is 424 g/mol. The second-order valence-electron chi connectivity index (χ2n) is 8.35. The van der Waals surface area contributed by atoms with Crippen molar-refractivity contribution in [1.82, 2.24) is 15.3 Å². The Bertz CT molecular complexity index is 843. The number of anilines is 2. The molecule has 3 heterocycles. The van der Waals surface area contributed by atoms with Crippen molar-refractivity contribution in [2.24, 2.45) is 5.92 Å². The first-order chi connectivity index (χ1) is 15.2. The summed E-state index contributed by atoms with van der Waals surface area (Å²) in [7, 11) is 0. The largest absolute Gasteiger partial charge is 0.494 e. The Kier molecular flexibility index (Phi) is 7.22. The Morgan fingerprint density at radius 2 is 1.81 bits per heavy atom. The van der Waals surface area contributed by atoms with Crippen molar-refractivity contribution in [3.63, 3.8) is 0 Å². The van der Waals surface area contributed by atoms with Gasteiger partial charge in [0.15, 0.2) is 0 Å². The van der Waals surface area contributed by atoms with Gasteiger partial charge in [0, 0.05) is 38.6 Å². The molecule has 0 radical (unpaired) electrons. The predicted molar refractivity (Wildman–Crippen MR) is 122 cm³/mol. The number of nitrogens with zero attached hydrogens (tertiary/aromatic N) is 4. The molecule has 166 valence electrons. The van der Waals surface area contributed by atoms with Crippen LogP contribution < -0.4 is 19.9 Å². The molecule has 1 N–H and O–H groups in total. The highest BCUT2D eigenvalue weighted by Gasteiger charge is 2.25. The summed E-state index contributed by atoms with van der Waals surface area (Å²) in [5.74, 6) is 1.88. The molecule has 2 fully saturated rings. The molecule has 2 saturated heterocycles. The summed E-state index contributed by atoms with van der Waals surface area (Å²) in [6, 6.07) is 7.90. The number of rotatable bonds is 7. The normalized spacial score (nSPS) is 17.5. The Morgan fingerprint density at radius 3 is 2.52 bits per heavy atom. The van der Waals surface area contributed by atoms with E-state index in [4.69, 9.17) is 4.74 Å². The molecule has 1 aromatic carbocycles. The zero-order chi connectivity index (χ0) is 21.5. The van der Waals surface area contributed by atoms with Crippen LogP contribution in [-0.2, 0) is 11.3 Å². The number of benzene rings is 1. The number of amides is 1. The van der Waals surface area contributed by atoms with E-state index in [0.717, 1.165) is 62.0 Å².